The van der Waals surface area contributed by atoms with Gasteiger partial charge in [0, 0.05) is 5.70 Å². The number of allylic oxidation sites excluding steroid dienone is 3. The molecule has 0 fully saturated rings. The van der Waals surface area contributed by atoms with Crippen LogP contribution in [0.1, 0.15) is 19.4 Å². The van der Waals surface area contributed by atoms with Crippen LogP contribution in [0.3, 0.4) is 0 Å². The molecule has 0 saturated heterocycles. The number of nitrogens with two attached hydrogens (primary N) is 1. The van der Waals surface area contributed by atoms with Crippen molar-refractivity contribution in [3.05, 3.63) is 139 Å². The molecule has 1 heteroatoms. The van der Waals surface area contributed by atoms with Gasteiger partial charge < -0.3 is 5.73 Å². The smallest absolute Gasteiger partial charge is 0.0390 e. The van der Waals surface area contributed by atoms with E-state index in [1.165, 1.54) is 54.6 Å². The Bertz CT molecular complexity index is 1780. The van der Waals surface area contributed by atoms with Gasteiger partial charge in [-0.15, -0.1) is 0 Å². The van der Waals surface area contributed by atoms with E-state index < -0.39 is 0 Å². The number of rotatable bonds is 4. The van der Waals surface area contributed by atoms with E-state index in [9.17, 15) is 0 Å². The molecule has 37 heavy (non-hydrogen) atoms. The first-order valence-corrected chi connectivity index (χ1v) is 12.8. The van der Waals surface area contributed by atoms with Crippen molar-refractivity contribution < 1.29 is 0 Å². The molecule has 178 valence electrons. The Morgan fingerprint density at radius 3 is 1.70 bits per heavy atom. The third-order valence-corrected chi connectivity index (χ3v) is 7.29. The van der Waals surface area contributed by atoms with Gasteiger partial charge in [0.05, 0.1) is 0 Å². The van der Waals surface area contributed by atoms with E-state index in [1.807, 2.05) is 13.0 Å². The molecule has 2 N–H and O–H groups in total. The van der Waals surface area contributed by atoms with Gasteiger partial charge >= 0.3 is 0 Å². The fourth-order valence-corrected chi connectivity index (χ4v) is 5.35. The van der Waals surface area contributed by atoms with Gasteiger partial charge in [0.2, 0.25) is 0 Å². The highest BCUT2D eigenvalue weighted by molar-refractivity contribution is 6.21. The first-order valence-electron chi connectivity index (χ1n) is 12.8. The Morgan fingerprint density at radius 1 is 0.568 bits per heavy atom. The Kier molecular flexibility index (Phi) is 5.82. The Morgan fingerprint density at radius 2 is 1.11 bits per heavy atom. The van der Waals surface area contributed by atoms with E-state index in [0.29, 0.717) is 0 Å². The molecule has 6 aromatic carbocycles. The van der Waals surface area contributed by atoms with Crippen molar-refractivity contribution >= 4 is 38.0 Å². The zero-order valence-corrected chi connectivity index (χ0v) is 21.2. The van der Waals surface area contributed by atoms with Crippen LogP contribution in [0.15, 0.2) is 133 Å². The molecule has 0 bridgehead atoms. The van der Waals surface area contributed by atoms with Gasteiger partial charge in [-0.25, -0.2) is 0 Å². The molecule has 0 radical (unpaired) electrons. The number of hydrogen-bond acceptors (Lipinski definition) is 1. The van der Waals surface area contributed by atoms with Crippen molar-refractivity contribution in [2.24, 2.45) is 5.73 Å². The molecule has 0 atom stereocenters. The van der Waals surface area contributed by atoms with Crippen LogP contribution in [0.5, 0.6) is 0 Å². The molecule has 0 heterocycles. The minimum Gasteiger partial charge on any atom is -0.398 e. The van der Waals surface area contributed by atoms with E-state index in [-0.39, 0.29) is 0 Å². The van der Waals surface area contributed by atoms with Crippen LogP contribution in [0.25, 0.3) is 60.3 Å². The van der Waals surface area contributed by atoms with Crippen LogP contribution < -0.4 is 5.73 Å². The molecule has 0 unspecified atom stereocenters. The van der Waals surface area contributed by atoms with Crippen LogP contribution >= 0.6 is 0 Å². The minimum absolute atomic E-state index is 0.783. The molecule has 6 aromatic rings. The van der Waals surface area contributed by atoms with Crippen molar-refractivity contribution in [3.63, 3.8) is 0 Å². The average molecular weight is 476 g/mol. The third-order valence-electron chi connectivity index (χ3n) is 7.29. The lowest BCUT2D eigenvalue weighted by Gasteiger charge is -2.18. The Hall–Kier alpha value is -4.62. The van der Waals surface area contributed by atoms with Crippen molar-refractivity contribution in [1.82, 2.24) is 0 Å². The highest BCUT2D eigenvalue weighted by Crippen LogP contribution is 2.44. The highest BCUT2D eigenvalue weighted by Gasteiger charge is 2.16. The van der Waals surface area contributed by atoms with Gasteiger partial charge in [0.15, 0.2) is 0 Å². The second-order valence-corrected chi connectivity index (χ2v) is 9.62. The summed E-state index contributed by atoms with van der Waals surface area (Å²) in [5.74, 6) is 0. The molecule has 0 aliphatic heterocycles. The number of hydrogen-bond donors (Lipinski definition) is 1. The number of fused-ring (bicyclic) bond motifs is 3. The van der Waals surface area contributed by atoms with Crippen LogP contribution in [-0.4, -0.2) is 0 Å². The molecule has 0 spiro atoms. The maximum Gasteiger partial charge on any atom is 0.0390 e. The Labute approximate surface area is 218 Å². The van der Waals surface area contributed by atoms with E-state index in [1.54, 1.807) is 0 Å². The summed E-state index contributed by atoms with van der Waals surface area (Å²) < 4.78 is 0. The fourth-order valence-electron chi connectivity index (χ4n) is 5.35. The summed E-state index contributed by atoms with van der Waals surface area (Å²) in [6.45, 7) is 4.10. The van der Waals surface area contributed by atoms with Gasteiger partial charge in [0.1, 0.15) is 0 Å². The molecular weight excluding hydrogens is 446 g/mol. The maximum absolute atomic E-state index is 6.45. The van der Waals surface area contributed by atoms with Crippen molar-refractivity contribution in [1.29, 1.82) is 0 Å². The molecule has 0 saturated carbocycles. The second kappa shape index (κ2) is 9.44. The molecule has 0 amide bonds. The summed E-state index contributed by atoms with van der Waals surface area (Å²) in [5.41, 5.74) is 14.4. The van der Waals surface area contributed by atoms with E-state index in [4.69, 9.17) is 5.73 Å². The highest BCUT2D eigenvalue weighted by atomic mass is 14.6. The van der Waals surface area contributed by atoms with Gasteiger partial charge in [-0.2, -0.15) is 0 Å². The third kappa shape index (κ3) is 4.09. The average Bonchev–Trinajstić information content (AvgIpc) is 2.95. The first kappa shape index (κ1) is 22.8. The molecular formula is C36H29N. The summed E-state index contributed by atoms with van der Waals surface area (Å²) in [4.78, 5) is 0. The summed E-state index contributed by atoms with van der Waals surface area (Å²) in [6.07, 6.45) is 4.11. The fraction of sp³-hybridized carbons (Fsp3) is 0.0556. The van der Waals surface area contributed by atoms with Crippen LogP contribution in [0.4, 0.5) is 0 Å². The van der Waals surface area contributed by atoms with Crippen LogP contribution in [0.2, 0.25) is 0 Å². The predicted molar refractivity (Wildman–Crippen MR) is 161 cm³/mol. The largest absolute Gasteiger partial charge is 0.398 e. The van der Waals surface area contributed by atoms with Crippen molar-refractivity contribution in [2.75, 3.05) is 0 Å². The zero-order chi connectivity index (χ0) is 25.4. The van der Waals surface area contributed by atoms with E-state index in [2.05, 4.69) is 128 Å². The molecule has 0 aliphatic carbocycles. The van der Waals surface area contributed by atoms with Crippen molar-refractivity contribution in [3.8, 4) is 22.3 Å². The van der Waals surface area contributed by atoms with Crippen LogP contribution in [-0.2, 0) is 0 Å². The maximum atomic E-state index is 6.45. The number of benzene rings is 6. The van der Waals surface area contributed by atoms with E-state index in [0.717, 1.165) is 16.8 Å². The normalized spacial score (nSPS) is 12.5. The summed E-state index contributed by atoms with van der Waals surface area (Å²) >= 11 is 0. The SMILES string of the molecule is C/C=C(C)\C=C(/N)c1ccc2ccc(-c3c4ccccc4c(-c4ccccc4)c4ccccc34)cc2c1. The van der Waals surface area contributed by atoms with Gasteiger partial charge in [-0.1, -0.05) is 115 Å². The van der Waals surface area contributed by atoms with Gasteiger partial charge in [-0.3, -0.25) is 0 Å². The lowest BCUT2D eigenvalue weighted by atomic mass is 9.85. The van der Waals surface area contributed by atoms with Crippen molar-refractivity contribution in [2.45, 2.75) is 13.8 Å². The molecule has 6 rings (SSSR count). The van der Waals surface area contributed by atoms with Crippen LogP contribution in [0, 0.1) is 0 Å². The molecule has 0 aliphatic rings. The minimum atomic E-state index is 0.783. The molecule has 0 aromatic heterocycles. The Balaban J connectivity index is 1.63. The monoisotopic (exact) mass is 475 g/mol. The standard InChI is InChI=1S/C36H29N/c1-3-24(2)21-34(37)27-19-17-25-18-20-28(23-29(25)22-27)36-32-15-9-7-13-30(32)35(26-11-5-4-6-12-26)31-14-8-10-16-33(31)36/h3-23H,37H2,1-2H3/b24-3-,34-21-. The summed E-state index contributed by atoms with van der Waals surface area (Å²) in [7, 11) is 0. The second-order valence-electron chi connectivity index (χ2n) is 9.62. The topological polar surface area (TPSA) is 26.0 Å². The summed E-state index contributed by atoms with van der Waals surface area (Å²) in [6, 6.07) is 41.6. The summed E-state index contributed by atoms with van der Waals surface area (Å²) in [5, 5.41) is 7.45. The quantitative estimate of drug-likeness (QED) is 0.199. The predicted octanol–water partition coefficient (Wildman–Crippen LogP) is 9.75. The lowest BCUT2D eigenvalue weighted by molar-refractivity contribution is 1.44. The zero-order valence-electron chi connectivity index (χ0n) is 21.2. The van der Waals surface area contributed by atoms with E-state index >= 15 is 0 Å². The van der Waals surface area contributed by atoms with Gasteiger partial charge in [0.25, 0.3) is 0 Å². The molecule has 1 nitrogen and oxygen atoms in total. The first-order chi connectivity index (χ1) is 18.1. The lowest BCUT2D eigenvalue weighted by Crippen LogP contribution is -1.96. The van der Waals surface area contributed by atoms with Gasteiger partial charge in [-0.05, 0) is 92.2 Å².